The summed E-state index contributed by atoms with van der Waals surface area (Å²) in [5.41, 5.74) is 0. The Morgan fingerprint density at radius 3 is 2.62 bits per heavy atom. The van der Waals surface area contributed by atoms with Crippen LogP contribution in [-0.2, 0) is 0 Å². The van der Waals surface area contributed by atoms with Gasteiger partial charge >= 0.3 is 67.7 Å². The molecule has 0 unspecified atom stereocenters. The van der Waals surface area contributed by atoms with Crippen LogP contribution in [0.3, 0.4) is 0 Å². The molecule has 0 saturated carbocycles. The predicted octanol–water partition coefficient (Wildman–Crippen LogP) is 2.23. The molecule has 1 heterocycles. The van der Waals surface area contributed by atoms with E-state index in [4.69, 9.17) is 0 Å². The molecule has 1 aromatic heterocycles. The molecule has 0 bridgehead atoms. The summed E-state index contributed by atoms with van der Waals surface area (Å²) in [6, 6.07) is 0. The Kier molecular flexibility index (Phi) is 2.70. The van der Waals surface area contributed by atoms with Gasteiger partial charge in [0.25, 0.3) is 0 Å². The van der Waals surface area contributed by atoms with E-state index in [9.17, 15) is 0 Å². The van der Waals surface area contributed by atoms with Gasteiger partial charge in [-0.1, -0.05) is 0 Å². The molecule has 1 rings (SSSR count). The van der Waals surface area contributed by atoms with Crippen molar-refractivity contribution in [1.82, 2.24) is 0 Å². The van der Waals surface area contributed by atoms with Crippen molar-refractivity contribution >= 4 is 42.2 Å². The molecular formula is C5H5BrSSe. The molecule has 0 amide bonds. The normalized spacial score (nSPS) is 9.75. The molecule has 0 spiro atoms. The standard InChI is InChI=1S/C5H5BrSSe/c1-7-5-3-8-2-4(5)6/h2-3H,1H3. The van der Waals surface area contributed by atoms with Gasteiger partial charge in [-0.2, -0.15) is 0 Å². The summed E-state index contributed by atoms with van der Waals surface area (Å²) >= 11 is 5.88. The first-order valence-electron chi connectivity index (χ1n) is 2.10. The Balaban J connectivity index is 2.92. The molecule has 0 aliphatic heterocycles. The van der Waals surface area contributed by atoms with E-state index in [1.54, 1.807) is 11.8 Å². The molecule has 0 nitrogen and oxygen atoms in total. The van der Waals surface area contributed by atoms with Gasteiger partial charge in [-0.05, 0) is 0 Å². The van der Waals surface area contributed by atoms with E-state index in [1.165, 1.54) is 9.37 Å². The molecule has 0 atom stereocenters. The monoisotopic (exact) mass is 256 g/mol. The van der Waals surface area contributed by atoms with Gasteiger partial charge in [0.2, 0.25) is 0 Å². The average molecular weight is 256 g/mol. The molecule has 0 fully saturated rings. The maximum atomic E-state index is 3.45. The van der Waals surface area contributed by atoms with Crippen LogP contribution in [0.15, 0.2) is 19.2 Å². The fourth-order valence-corrected chi connectivity index (χ4v) is 4.52. The quantitative estimate of drug-likeness (QED) is 0.548. The Hall–Kier alpha value is 0.829. The molecule has 0 aliphatic carbocycles. The SMILES string of the molecule is CSc1c[se]cc1Br. The van der Waals surface area contributed by atoms with Crippen molar-refractivity contribution in [3.05, 3.63) is 14.4 Å². The Bertz CT molecular complexity index is 173. The summed E-state index contributed by atoms with van der Waals surface area (Å²) in [5, 5.41) is 0. The van der Waals surface area contributed by atoms with Gasteiger partial charge in [0.05, 0.1) is 0 Å². The fourth-order valence-electron chi connectivity index (χ4n) is 0.416. The summed E-state index contributed by atoms with van der Waals surface area (Å²) in [7, 11) is 0. The Morgan fingerprint density at radius 2 is 2.38 bits per heavy atom. The van der Waals surface area contributed by atoms with Crippen LogP contribution < -0.4 is 0 Å². The van der Waals surface area contributed by atoms with Crippen LogP contribution in [0, 0.1) is 0 Å². The van der Waals surface area contributed by atoms with Gasteiger partial charge in [-0.15, -0.1) is 0 Å². The Labute approximate surface area is 67.5 Å². The molecule has 0 aliphatic rings. The van der Waals surface area contributed by atoms with Gasteiger partial charge in [0.15, 0.2) is 0 Å². The molecule has 0 N–H and O–H groups in total. The fraction of sp³-hybridized carbons (Fsp3) is 0.200. The van der Waals surface area contributed by atoms with Crippen molar-refractivity contribution < 1.29 is 0 Å². The molecule has 0 radical (unpaired) electrons. The zero-order valence-electron chi connectivity index (χ0n) is 4.35. The third-order valence-electron chi connectivity index (χ3n) is 0.802. The van der Waals surface area contributed by atoms with Crippen LogP contribution in [-0.4, -0.2) is 20.8 Å². The summed E-state index contributed by atoms with van der Waals surface area (Å²) in [6.45, 7) is 0. The van der Waals surface area contributed by atoms with Crippen LogP contribution >= 0.6 is 27.7 Å². The van der Waals surface area contributed by atoms with E-state index in [2.05, 4.69) is 32.1 Å². The second-order valence-corrected chi connectivity index (χ2v) is 4.55. The van der Waals surface area contributed by atoms with Crippen molar-refractivity contribution in [2.75, 3.05) is 6.26 Å². The maximum absolute atomic E-state index is 3.45. The third kappa shape index (κ3) is 1.41. The Morgan fingerprint density at radius 1 is 1.62 bits per heavy atom. The topological polar surface area (TPSA) is 0 Å². The van der Waals surface area contributed by atoms with Crippen molar-refractivity contribution in [3.63, 3.8) is 0 Å². The third-order valence-corrected chi connectivity index (χ3v) is 5.08. The minimum atomic E-state index is 0.622. The first kappa shape index (κ1) is 6.94. The van der Waals surface area contributed by atoms with E-state index < -0.39 is 0 Å². The van der Waals surface area contributed by atoms with E-state index in [0.717, 1.165) is 0 Å². The van der Waals surface area contributed by atoms with Crippen molar-refractivity contribution in [2.24, 2.45) is 0 Å². The van der Waals surface area contributed by atoms with Gasteiger partial charge < -0.3 is 0 Å². The molecule has 0 aromatic carbocycles. The number of rotatable bonds is 1. The van der Waals surface area contributed by atoms with E-state index in [1.807, 2.05) is 0 Å². The number of hydrogen-bond acceptors (Lipinski definition) is 1. The van der Waals surface area contributed by atoms with E-state index >= 15 is 0 Å². The van der Waals surface area contributed by atoms with Gasteiger partial charge in [0, 0.05) is 0 Å². The molecular weight excluding hydrogens is 251 g/mol. The molecule has 8 heavy (non-hydrogen) atoms. The predicted molar refractivity (Wildman–Crippen MR) is 42.9 cm³/mol. The van der Waals surface area contributed by atoms with Gasteiger partial charge in [-0.3, -0.25) is 0 Å². The molecule has 44 valence electrons. The first-order valence-corrected chi connectivity index (χ1v) is 6.10. The minimum absolute atomic E-state index is 0.622. The number of halogens is 1. The van der Waals surface area contributed by atoms with Crippen molar-refractivity contribution in [2.45, 2.75) is 4.90 Å². The molecule has 1 aromatic rings. The summed E-state index contributed by atoms with van der Waals surface area (Å²) < 4.78 is 1.28. The molecule has 0 saturated heterocycles. The summed E-state index contributed by atoms with van der Waals surface area (Å²) in [6.07, 6.45) is 2.10. The van der Waals surface area contributed by atoms with Crippen LogP contribution in [0.2, 0.25) is 0 Å². The van der Waals surface area contributed by atoms with Crippen LogP contribution in [0.5, 0.6) is 0 Å². The van der Waals surface area contributed by atoms with Gasteiger partial charge in [-0.25, -0.2) is 0 Å². The zero-order chi connectivity index (χ0) is 5.98. The van der Waals surface area contributed by atoms with E-state index in [0.29, 0.717) is 14.5 Å². The summed E-state index contributed by atoms with van der Waals surface area (Å²) in [4.78, 5) is 5.91. The zero-order valence-corrected chi connectivity index (χ0v) is 8.46. The average Bonchev–Trinajstić information content (AvgIpc) is 2.14. The molecule has 3 heteroatoms. The second-order valence-electron chi connectivity index (χ2n) is 1.29. The summed E-state index contributed by atoms with van der Waals surface area (Å²) in [5.74, 6) is 0. The van der Waals surface area contributed by atoms with Crippen LogP contribution in [0.4, 0.5) is 0 Å². The van der Waals surface area contributed by atoms with Crippen molar-refractivity contribution in [1.29, 1.82) is 0 Å². The van der Waals surface area contributed by atoms with Gasteiger partial charge in [0.1, 0.15) is 0 Å². The van der Waals surface area contributed by atoms with Crippen molar-refractivity contribution in [3.8, 4) is 0 Å². The second kappa shape index (κ2) is 3.11. The number of hydrogen-bond donors (Lipinski definition) is 0. The van der Waals surface area contributed by atoms with E-state index in [-0.39, 0.29) is 0 Å². The number of thioether (sulfide) groups is 1. The van der Waals surface area contributed by atoms with Crippen LogP contribution in [0.25, 0.3) is 0 Å². The first-order chi connectivity index (χ1) is 3.84. The van der Waals surface area contributed by atoms with Crippen LogP contribution in [0.1, 0.15) is 0 Å².